The predicted molar refractivity (Wildman–Crippen MR) is 117 cm³/mol. The van der Waals surface area contributed by atoms with Crippen LogP contribution in [0.15, 0.2) is 66.7 Å². The van der Waals surface area contributed by atoms with Gasteiger partial charge in [0, 0.05) is 27.1 Å². The van der Waals surface area contributed by atoms with Crippen LogP contribution >= 0.6 is 23.2 Å². The Hall–Kier alpha value is -2.22. The summed E-state index contributed by atoms with van der Waals surface area (Å²) in [5.74, 6) is 1.35. The monoisotopic (exact) mass is 406 g/mol. The summed E-state index contributed by atoms with van der Waals surface area (Å²) < 4.78 is 6.64. The second-order valence-corrected chi connectivity index (χ2v) is 8.45. The van der Waals surface area contributed by atoms with Crippen LogP contribution in [0.2, 0.25) is 10.0 Å². The molecule has 28 heavy (non-hydrogen) atoms. The van der Waals surface area contributed by atoms with Gasteiger partial charge in [0.2, 0.25) is 0 Å². The summed E-state index contributed by atoms with van der Waals surface area (Å²) in [6.07, 6.45) is 4.58. The van der Waals surface area contributed by atoms with Crippen LogP contribution in [0, 0.1) is 6.92 Å². The molecule has 0 bridgehead atoms. The van der Waals surface area contributed by atoms with E-state index in [9.17, 15) is 0 Å². The Morgan fingerprint density at radius 2 is 1.64 bits per heavy atom. The minimum Gasteiger partial charge on any atom is -0.484 e. The molecule has 3 aromatic rings. The van der Waals surface area contributed by atoms with Crippen molar-refractivity contribution in [3.05, 3.63) is 93.5 Å². The molecule has 2 unspecified atom stereocenters. The van der Waals surface area contributed by atoms with E-state index in [1.165, 1.54) is 22.3 Å². The fourth-order valence-electron chi connectivity index (χ4n) is 4.57. The van der Waals surface area contributed by atoms with Gasteiger partial charge in [-0.2, -0.15) is 0 Å². The number of rotatable bonds is 2. The van der Waals surface area contributed by atoms with E-state index in [0.717, 1.165) is 29.7 Å². The number of halogens is 2. The summed E-state index contributed by atoms with van der Waals surface area (Å²) in [5.41, 5.74) is 7.22. The highest BCUT2D eigenvalue weighted by Gasteiger charge is 2.40. The third-order valence-electron chi connectivity index (χ3n) is 5.83. The van der Waals surface area contributed by atoms with Crippen molar-refractivity contribution < 1.29 is 4.74 Å². The first-order chi connectivity index (χ1) is 13.6. The number of hydrogen-bond donors (Lipinski definition) is 0. The van der Waals surface area contributed by atoms with Gasteiger partial charge in [-0.3, -0.25) is 0 Å². The molecule has 1 nitrogen and oxygen atoms in total. The highest BCUT2D eigenvalue weighted by Crippen LogP contribution is 2.52. The Bertz CT molecular complexity index is 1080. The molecule has 0 fully saturated rings. The van der Waals surface area contributed by atoms with Gasteiger partial charge in [-0.05, 0) is 60.2 Å². The lowest BCUT2D eigenvalue weighted by atomic mass is 9.79. The van der Waals surface area contributed by atoms with Crippen LogP contribution in [0.4, 0.5) is 0 Å². The lowest BCUT2D eigenvalue weighted by Crippen LogP contribution is -2.24. The molecule has 0 saturated heterocycles. The summed E-state index contributed by atoms with van der Waals surface area (Å²) in [5, 5.41) is 1.27. The quantitative estimate of drug-likeness (QED) is 0.423. The van der Waals surface area contributed by atoms with Gasteiger partial charge in [0.15, 0.2) is 0 Å². The fraction of sp³-hybridized carbons (Fsp3) is 0.200. The van der Waals surface area contributed by atoms with Gasteiger partial charge in [-0.25, -0.2) is 0 Å². The first-order valence-corrected chi connectivity index (χ1v) is 10.4. The van der Waals surface area contributed by atoms with Crippen molar-refractivity contribution in [1.82, 2.24) is 0 Å². The average Bonchev–Trinajstić information content (AvgIpc) is 3.06. The number of benzene rings is 3. The Kier molecular flexibility index (Phi) is 4.45. The van der Waals surface area contributed by atoms with Crippen molar-refractivity contribution >= 4 is 28.8 Å². The van der Waals surface area contributed by atoms with E-state index in [1.54, 1.807) is 6.07 Å². The van der Waals surface area contributed by atoms with E-state index in [-0.39, 0.29) is 6.10 Å². The molecular formula is C25H20Cl2O. The summed E-state index contributed by atoms with van der Waals surface area (Å²) in [7, 11) is 0. The van der Waals surface area contributed by atoms with Crippen LogP contribution in [0.25, 0.3) is 16.7 Å². The third kappa shape index (κ3) is 2.94. The van der Waals surface area contributed by atoms with Gasteiger partial charge >= 0.3 is 0 Å². The van der Waals surface area contributed by atoms with Crippen LogP contribution in [0.3, 0.4) is 0 Å². The molecule has 0 saturated carbocycles. The predicted octanol–water partition coefficient (Wildman–Crippen LogP) is 7.69. The zero-order chi connectivity index (χ0) is 19.3. The average molecular weight is 407 g/mol. The molecule has 0 spiro atoms. The second-order valence-electron chi connectivity index (χ2n) is 7.58. The molecular weight excluding hydrogens is 387 g/mol. The lowest BCUT2D eigenvalue weighted by Gasteiger charge is -2.27. The minimum absolute atomic E-state index is 0.0562. The molecule has 1 heterocycles. The van der Waals surface area contributed by atoms with Crippen molar-refractivity contribution in [1.29, 1.82) is 0 Å². The highest BCUT2D eigenvalue weighted by molar-refractivity contribution is 6.35. The molecule has 1 aliphatic heterocycles. The first kappa shape index (κ1) is 17.8. The maximum absolute atomic E-state index is 6.64. The summed E-state index contributed by atoms with van der Waals surface area (Å²) in [6, 6.07) is 20.6. The van der Waals surface area contributed by atoms with Gasteiger partial charge < -0.3 is 4.74 Å². The van der Waals surface area contributed by atoms with E-state index < -0.39 is 0 Å². The number of hydrogen-bond acceptors (Lipinski definition) is 1. The van der Waals surface area contributed by atoms with Crippen LogP contribution in [-0.2, 0) is 0 Å². The maximum Gasteiger partial charge on any atom is 0.131 e. The second kappa shape index (κ2) is 6.99. The Balaban J connectivity index is 1.60. The topological polar surface area (TPSA) is 9.23 Å². The molecule has 2 aliphatic rings. The van der Waals surface area contributed by atoms with Gasteiger partial charge in [-0.1, -0.05) is 71.7 Å². The number of ether oxygens (including phenoxy) is 1. The molecule has 3 heteroatoms. The molecule has 140 valence electrons. The molecule has 5 rings (SSSR count). The van der Waals surface area contributed by atoms with Gasteiger partial charge in [0.25, 0.3) is 0 Å². The van der Waals surface area contributed by atoms with E-state index in [0.29, 0.717) is 16.0 Å². The number of allylic oxidation sites excluding steroid dienone is 1. The molecule has 0 aromatic heterocycles. The van der Waals surface area contributed by atoms with Crippen LogP contribution in [0.1, 0.15) is 35.4 Å². The van der Waals surface area contributed by atoms with Crippen molar-refractivity contribution in [3.8, 4) is 16.9 Å². The number of fused-ring (bicyclic) bond motifs is 3. The molecule has 0 radical (unpaired) electrons. The zero-order valence-corrected chi connectivity index (χ0v) is 17.1. The van der Waals surface area contributed by atoms with Crippen molar-refractivity contribution in [2.45, 2.75) is 31.8 Å². The molecule has 2 atom stereocenters. The van der Waals surface area contributed by atoms with Crippen LogP contribution < -0.4 is 4.74 Å². The van der Waals surface area contributed by atoms with Gasteiger partial charge in [0.05, 0.1) is 0 Å². The fourth-order valence-corrected chi connectivity index (χ4v) is 5.09. The highest BCUT2D eigenvalue weighted by atomic mass is 35.5. The SMILES string of the molecule is Cc1ccccc1C1=CCCC2c3cccc(-c4cc(Cl)cc(Cl)c4)c3OC12. The summed E-state index contributed by atoms with van der Waals surface area (Å²) >= 11 is 12.5. The van der Waals surface area contributed by atoms with Gasteiger partial charge in [-0.15, -0.1) is 0 Å². The smallest absolute Gasteiger partial charge is 0.131 e. The largest absolute Gasteiger partial charge is 0.484 e. The summed E-state index contributed by atoms with van der Waals surface area (Å²) in [6.45, 7) is 2.17. The molecule has 0 amide bonds. The van der Waals surface area contributed by atoms with Crippen molar-refractivity contribution in [3.63, 3.8) is 0 Å². The van der Waals surface area contributed by atoms with Gasteiger partial charge in [0.1, 0.15) is 11.9 Å². The standard InChI is InChI=1S/C25H20Cl2O/c1-15-6-2-3-7-19(15)21-9-5-11-23-22-10-4-8-20(24(22)28-25(21)23)16-12-17(26)14-18(27)13-16/h2-4,6-10,12-14,23,25H,5,11H2,1H3. The van der Waals surface area contributed by atoms with Crippen molar-refractivity contribution in [2.24, 2.45) is 0 Å². The Labute approximate surface area is 175 Å². The Morgan fingerprint density at radius 1 is 0.893 bits per heavy atom. The van der Waals surface area contributed by atoms with E-state index in [4.69, 9.17) is 27.9 Å². The zero-order valence-electron chi connectivity index (χ0n) is 15.6. The van der Waals surface area contributed by atoms with Crippen LogP contribution in [-0.4, -0.2) is 6.10 Å². The van der Waals surface area contributed by atoms with Crippen molar-refractivity contribution in [2.75, 3.05) is 0 Å². The normalized spacial score (nSPS) is 20.2. The number of aryl methyl sites for hydroxylation is 1. The first-order valence-electron chi connectivity index (χ1n) is 9.64. The van der Waals surface area contributed by atoms with E-state index >= 15 is 0 Å². The maximum atomic E-state index is 6.64. The Morgan fingerprint density at radius 3 is 2.43 bits per heavy atom. The summed E-state index contributed by atoms with van der Waals surface area (Å²) in [4.78, 5) is 0. The molecule has 3 aromatic carbocycles. The third-order valence-corrected chi connectivity index (χ3v) is 6.27. The number of para-hydroxylation sites is 1. The van der Waals surface area contributed by atoms with Crippen LogP contribution in [0.5, 0.6) is 5.75 Å². The minimum atomic E-state index is 0.0562. The molecule has 0 N–H and O–H groups in total. The molecule has 1 aliphatic carbocycles. The van der Waals surface area contributed by atoms with E-state index in [2.05, 4.69) is 55.5 Å². The lowest BCUT2D eigenvalue weighted by molar-refractivity contribution is 0.255. The van der Waals surface area contributed by atoms with E-state index in [1.807, 2.05) is 12.1 Å².